The molecule has 0 saturated carbocycles. The van der Waals surface area contributed by atoms with Crippen LogP contribution in [0, 0.1) is 32.5 Å². The van der Waals surface area contributed by atoms with Crippen LogP contribution in [0.25, 0.3) is 0 Å². The third kappa shape index (κ3) is 38.7. The zero-order chi connectivity index (χ0) is 66.6. The number of carbonyl (C=O) groups is 9. The Labute approximate surface area is 512 Å². The number of rotatable bonds is 48. The molecule has 0 fully saturated rings. The molecular weight excluding hydrogens is 1150 g/mol. The lowest BCUT2D eigenvalue weighted by Gasteiger charge is -2.28. The molecule has 38 heteroatoms. The molecule has 500 valence electrons. The summed E-state index contributed by atoms with van der Waals surface area (Å²) in [7, 11) is 0. The van der Waals surface area contributed by atoms with E-state index in [4.69, 9.17) is 84.1 Å². The molecule has 0 heterocycles. The average molecular weight is 1250 g/mol. The first kappa shape index (κ1) is 78.8. The predicted octanol–water partition coefficient (Wildman–Crippen LogP) is -8.79. The van der Waals surface area contributed by atoms with Gasteiger partial charge in [0.2, 0.25) is 53.2 Å². The Bertz CT molecular complexity index is 2290. The molecule has 0 radical (unpaired) electrons. The van der Waals surface area contributed by atoms with Crippen molar-refractivity contribution in [1.82, 2.24) is 74.4 Å². The highest BCUT2D eigenvalue weighted by molar-refractivity contribution is 5.98. The van der Waals surface area contributed by atoms with Gasteiger partial charge in [-0.1, -0.05) is 0 Å². The summed E-state index contributed by atoms with van der Waals surface area (Å²) in [5.41, 5.74) is 49.8. The summed E-state index contributed by atoms with van der Waals surface area (Å²) in [4.78, 5) is 125. The summed E-state index contributed by atoms with van der Waals surface area (Å²) in [6.07, 6.45) is 2.19. The van der Waals surface area contributed by atoms with Crippen LogP contribution in [-0.2, 0) is 43.2 Å². The van der Waals surface area contributed by atoms with Gasteiger partial charge < -0.3 is 126 Å². The van der Waals surface area contributed by atoms with Gasteiger partial charge in [0.25, 0.3) is 0 Å². The SMILES string of the molecule is CC(=O)N[C@@H](CCCCN)C(=O)N[C@@H](CCCNC(=N)N)C(=O)N[C@@H](CCCNC(=N)N)C(=O)N[C@@H](CCCNC(=N)N)C(=O)N[C@@H](CCCNC(=N)N)C(=O)N[C@@H](CCCNC(=N)N)C(=O)N[C@@H](CCCNC(=N)N)C(=O)N[C@@H](CCCCN)C(N)=O. The van der Waals surface area contributed by atoms with Gasteiger partial charge in [0.05, 0.1) is 0 Å². The molecule has 0 spiro atoms. The first-order chi connectivity index (χ1) is 41.6. The molecule has 0 aromatic rings. The normalized spacial score (nSPS) is 13.4. The van der Waals surface area contributed by atoms with Crippen LogP contribution in [0.1, 0.15) is 122 Å². The predicted molar refractivity (Wildman–Crippen MR) is 331 cm³/mol. The van der Waals surface area contributed by atoms with Gasteiger partial charge in [-0.15, -0.1) is 0 Å². The van der Waals surface area contributed by atoms with Gasteiger partial charge in [-0.05, 0) is 129 Å². The number of primary amides is 1. The Balaban J connectivity index is 7.48. The summed E-state index contributed by atoms with van der Waals surface area (Å²) < 4.78 is 0. The standard InChI is InChI=1S/C50H101N29O9/c1-28(80)72-30(13-3-5-21-52)38(82)74-32(15-7-23-67-46(56)57)40(84)76-34(17-9-25-69-48(60)61)42(86)78-36(19-11-27-71-50(64)65)44(88)79-35(18-10-26-70-49(62)63)43(87)77-33(16-8-24-68-47(58)59)41(85)75-31(14-6-22-66-45(54)55)39(83)73-29(37(53)81)12-2-4-20-51/h29-36H,2-27,51-52H2,1H3,(H2,53,81)(H,72,80)(H,73,83)(H,74,82)(H,75,85)(H,76,84)(H,77,87)(H,78,86)(H,79,88)(H4,54,55,66)(H4,56,57,67)(H4,58,59,68)(H4,60,61,69)(H4,62,63,70)(H4,64,65,71)/t29-,30-,31-,32-,33-,34-,35-,36-/m0/s1. The Morgan fingerprint density at radius 2 is 0.443 bits per heavy atom. The smallest absolute Gasteiger partial charge is 0.243 e. The highest BCUT2D eigenvalue weighted by Gasteiger charge is 2.35. The third-order valence-corrected chi connectivity index (χ3v) is 13.0. The quantitative estimate of drug-likeness (QED) is 0.0153. The van der Waals surface area contributed by atoms with Gasteiger partial charge in [-0.25, -0.2) is 0 Å². The highest BCUT2D eigenvalue weighted by Crippen LogP contribution is 2.11. The van der Waals surface area contributed by atoms with Gasteiger partial charge in [0, 0.05) is 46.2 Å². The van der Waals surface area contributed by atoms with E-state index < -0.39 is 113 Å². The molecule has 0 bridgehead atoms. The Morgan fingerprint density at radius 3 is 0.614 bits per heavy atom. The summed E-state index contributed by atoms with van der Waals surface area (Å²) in [6, 6.07) is -10.8. The molecule has 0 saturated heterocycles. The second-order valence-electron chi connectivity index (χ2n) is 20.5. The van der Waals surface area contributed by atoms with Crippen molar-refractivity contribution in [1.29, 1.82) is 32.5 Å². The number of amides is 9. The summed E-state index contributed by atoms with van der Waals surface area (Å²) >= 11 is 0. The van der Waals surface area contributed by atoms with Crippen molar-refractivity contribution in [2.75, 3.05) is 52.4 Å². The van der Waals surface area contributed by atoms with Gasteiger partial charge in [0.15, 0.2) is 35.8 Å². The molecule has 38 N–H and O–H groups in total. The Kier molecular flexibility index (Phi) is 41.2. The molecule has 8 atom stereocenters. The second kappa shape index (κ2) is 46.0. The molecule has 0 unspecified atom stereocenters. The van der Waals surface area contributed by atoms with E-state index in [1.807, 2.05) is 0 Å². The summed E-state index contributed by atoms with van der Waals surface area (Å²) in [5.74, 6) is -9.71. The van der Waals surface area contributed by atoms with E-state index >= 15 is 0 Å². The molecule has 0 aliphatic rings. The van der Waals surface area contributed by atoms with Gasteiger partial charge >= 0.3 is 0 Å². The number of guanidine groups is 6. The molecule has 9 amide bonds. The van der Waals surface area contributed by atoms with Crippen LogP contribution >= 0.6 is 0 Å². The number of carbonyl (C=O) groups excluding carboxylic acids is 9. The fraction of sp³-hybridized carbons (Fsp3) is 0.700. The minimum Gasteiger partial charge on any atom is -0.370 e. The zero-order valence-corrected chi connectivity index (χ0v) is 50.4. The fourth-order valence-electron chi connectivity index (χ4n) is 8.48. The van der Waals surface area contributed by atoms with Gasteiger partial charge in [-0.2, -0.15) is 0 Å². The van der Waals surface area contributed by atoms with Crippen molar-refractivity contribution in [3.8, 4) is 0 Å². The summed E-state index contributed by atoms with van der Waals surface area (Å²) in [5, 5.41) is 82.3. The van der Waals surface area contributed by atoms with E-state index in [9.17, 15) is 43.2 Å². The van der Waals surface area contributed by atoms with Gasteiger partial charge in [0.1, 0.15) is 48.3 Å². The molecule has 0 aliphatic carbocycles. The van der Waals surface area contributed by atoms with E-state index in [0.29, 0.717) is 38.8 Å². The maximum atomic E-state index is 14.7. The van der Waals surface area contributed by atoms with Crippen LogP contribution in [0.2, 0.25) is 0 Å². The molecule has 0 rings (SSSR count). The fourth-order valence-corrected chi connectivity index (χ4v) is 8.48. The first-order valence-electron chi connectivity index (χ1n) is 29.2. The van der Waals surface area contributed by atoms with Crippen LogP contribution in [0.4, 0.5) is 0 Å². The van der Waals surface area contributed by atoms with Gasteiger partial charge in [-0.3, -0.25) is 75.6 Å². The third-order valence-electron chi connectivity index (χ3n) is 13.0. The molecule has 0 aromatic carbocycles. The van der Waals surface area contributed by atoms with E-state index in [1.54, 1.807) is 0 Å². The number of nitrogens with one attached hydrogen (secondary N) is 20. The number of unbranched alkanes of at least 4 members (excludes halogenated alkanes) is 2. The van der Waals surface area contributed by atoms with E-state index in [-0.39, 0.29) is 153 Å². The number of nitrogens with two attached hydrogens (primary N) is 9. The van der Waals surface area contributed by atoms with Crippen molar-refractivity contribution in [2.45, 2.75) is 171 Å². The molecule has 0 aliphatic heterocycles. The van der Waals surface area contributed by atoms with Crippen LogP contribution in [-0.4, -0.2) is 190 Å². The van der Waals surface area contributed by atoms with E-state index in [1.165, 1.54) is 6.92 Å². The van der Waals surface area contributed by atoms with Crippen molar-refractivity contribution in [2.24, 2.45) is 51.6 Å². The lowest BCUT2D eigenvalue weighted by atomic mass is 10.0. The maximum absolute atomic E-state index is 14.7. The number of hydrogen-bond acceptors (Lipinski definition) is 17. The van der Waals surface area contributed by atoms with E-state index in [2.05, 4.69) is 74.4 Å². The highest BCUT2D eigenvalue weighted by atomic mass is 16.2. The molecule has 38 nitrogen and oxygen atoms in total. The largest absolute Gasteiger partial charge is 0.370 e. The lowest BCUT2D eigenvalue weighted by molar-refractivity contribution is -0.136. The van der Waals surface area contributed by atoms with Crippen LogP contribution < -0.4 is 126 Å². The van der Waals surface area contributed by atoms with Crippen LogP contribution in [0.3, 0.4) is 0 Å². The average Bonchev–Trinajstić information content (AvgIpc) is 1.98. The molecule has 88 heavy (non-hydrogen) atoms. The molecule has 0 aromatic heterocycles. The van der Waals surface area contributed by atoms with E-state index in [0.717, 1.165) is 0 Å². The Morgan fingerprint density at radius 1 is 0.273 bits per heavy atom. The van der Waals surface area contributed by atoms with Crippen molar-refractivity contribution in [3.63, 3.8) is 0 Å². The van der Waals surface area contributed by atoms with Crippen LogP contribution in [0.15, 0.2) is 0 Å². The first-order valence-corrected chi connectivity index (χ1v) is 29.2. The minimum atomic E-state index is -1.50. The zero-order valence-electron chi connectivity index (χ0n) is 50.4. The molecular formula is C50H101N29O9. The topological polar surface area (TPSA) is 699 Å². The monoisotopic (exact) mass is 1250 g/mol. The lowest BCUT2D eigenvalue weighted by Crippen LogP contribution is -2.60. The van der Waals surface area contributed by atoms with Crippen molar-refractivity contribution < 1.29 is 43.2 Å². The second-order valence-corrected chi connectivity index (χ2v) is 20.5. The summed E-state index contributed by atoms with van der Waals surface area (Å²) in [6.45, 7) is 2.21. The van der Waals surface area contributed by atoms with Crippen molar-refractivity contribution >= 4 is 88.9 Å². The van der Waals surface area contributed by atoms with Crippen LogP contribution in [0.5, 0.6) is 0 Å². The van der Waals surface area contributed by atoms with Crippen molar-refractivity contribution in [3.05, 3.63) is 0 Å². The maximum Gasteiger partial charge on any atom is 0.243 e. The Hall–Kier alpha value is -9.23. The minimum absolute atomic E-state index is 0.0248. The number of hydrogen-bond donors (Lipinski definition) is 29.